The van der Waals surface area contributed by atoms with E-state index in [1.165, 1.54) is 13.2 Å². The van der Waals surface area contributed by atoms with Crippen LogP contribution in [0, 0.1) is 10.1 Å². The number of benzene rings is 1. The molecule has 0 aliphatic rings. The predicted molar refractivity (Wildman–Crippen MR) is 60.9 cm³/mol. The van der Waals surface area contributed by atoms with E-state index < -0.39 is 4.92 Å². The van der Waals surface area contributed by atoms with E-state index in [0.29, 0.717) is 11.3 Å². The highest BCUT2D eigenvalue weighted by molar-refractivity contribution is 5.91. The predicted octanol–water partition coefficient (Wildman–Crippen LogP) is 2.42. The third kappa shape index (κ3) is 1.75. The van der Waals surface area contributed by atoms with E-state index in [1.54, 1.807) is 12.3 Å². The minimum absolute atomic E-state index is 0.495. The summed E-state index contributed by atoms with van der Waals surface area (Å²) >= 11 is 0. The molecule has 0 spiro atoms. The number of fused-ring (bicyclic) bond motifs is 1. The number of aromatic nitrogens is 1. The Kier molecular flexibility index (Phi) is 2.59. The lowest BCUT2D eigenvalue weighted by Gasteiger charge is -2.04. The van der Waals surface area contributed by atoms with E-state index in [9.17, 15) is 10.1 Å². The number of H-pyrrole nitrogens is 1. The fourth-order valence-electron chi connectivity index (χ4n) is 1.62. The molecule has 0 aliphatic carbocycles. The Morgan fingerprint density at radius 1 is 1.44 bits per heavy atom. The molecular formula is C11H10N2O3. The molecule has 0 saturated heterocycles. The van der Waals surface area contributed by atoms with Gasteiger partial charge in [0.1, 0.15) is 5.75 Å². The van der Waals surface area contributed by atoms with Gasteiger partial charge in [-0.1, -0.05) is 0 Å². The summed E-state index contributed by atoms with van der Waals surface area (Å²) in [4.78, 5) is 12.9. The lowest BCUT2D eigenvalue weighted by molar-refractivity contribution is -0.400. The zero-order valence-corrected chi connectivity index (χ0v) is 8.64. The van der Waals surface area contributed by atoms with Crippen molar-refractivity contribution in [1.82, 2.24) is 4.98 Å². The summed E-state index contributed by atoms with van der Waals surface area (Å²) in [5, 5.41) is 11.2. The van der Waals surface area contributed by atoms with Crippen LogP contribution in [-0.2, 0) is 0 Å². The second kappa shape index (κ2) is 4.06. The summed E-state index contributed by atoms with van der Waals surface area (Å²) in [7, 11) is 1.54. The number of hydrogen-bond donors (Lipinski definition) is 1. The van der Waals surface area contributed by atoms with Crippen molar-refractivity contribution in [3.8, 4) is 5.75 Å². The second-order valence-corrected chi connectivity index (χ2v) is 3.22. The Hall–Kier alpha value is -2.30. The molecule has 0 unspecified atom stereocenters. The zero-order valence-electron chi connectivity index (χ0n) is 8.64. The fourth-order valence-corrected chi connectivity index (χ4v) is 1.62. The van der Waals surface area contributed by atoms with E-state index >= 15 is 0 Å². The lowest BCUT2D eigenvalue weighted by Crippen LogP contribution is -1.89. The number of nitro groups is 1. The maximum Gasteiger partial charge on any atom is 0.235 e. The minimum atomic E-state index is -0.495. The number of methoxy groups -OCH3 is 1. The zero-order chi connectivity index (χ0) is 11.5. The first-order chi connectivity index (χ1) is 7.72. The van der Waals surface area contributed by atoms with Gasteiger partial charge in [0.05, 0.1) is 12.0 Å². The van der Waals surface area contributed by atoms with Crippen LogP contribution in [0.5, 0.6) is 5.75 Å². The van der Waals surface area contributed by atoms with E-state index in [1.807, 2.05) is 12.1 Å². The Balaban J connectivity index is 2.61. The third-order valence-corrected chi connectivity index (χ3v) is 2.32. The van der Waals surface area contributed by atoms with Crippen LogP contribution in [0.15, 0.2) is 30.6 Å². The topological polar surface area (TPSA) is 68.2 Å². The van der Waals surface area contributed by atoms with Crippen molar-refractivity contribution in [1.29, 1.82) is 0 Å². The van der Waals surface area contributed by atoms with E-state index in [-0.39, 0.29) is 0 Å². The molecule has 1 aromatic heterocycles. The average molecular weight is 218 g/mol. The first-order valence-corrected chi connectivity index (χ1v) is 4.68. The average Bonchev–Trinajstić information content (AvgIpc) is 2.73. The standard InChI is InChI=1S/C11H10N2O3/c1-16-11-3-2-10-8(4-6-12-10)9(11)5-7-13(14)15/h2-7,12H,1H3/b7-5+. The Morgan fingerprint density at radius 2 is 2.25 bits per heavy atom. The highest BCUT2D eigenvalue weighted by atomic mass is 16.6. The second-order valence-electron chi connectivity index (χ2n) is 3.22. The van der Waals surface area contributed by atoms with Gasteiger partial charge < -0.3 is 9.72 Å². The quantitative estimate of drug-likeness (QED) is 0.635. The van der Waals surface area contributed by atoms with Crippen LogP contribution in [0.3, 0.4) is 0 Å². The van der Waals surface area contributed by atoms with Crippen LogP contribution in [-0.4, -0.2) is 17.0 Å². The summed E-state index contributed by atoms with van der Waals surface area (Å²) in [6.07, 6.45) is 4.13. The number of hydrogen-bond acceptors (Lipinski definition) is 3. The van der Waals surface area contributed by atoms with Crippen LogP contribution in [0.1, 0.15) is 5.56 Å². The molecule has 1 aromatic carbocycles. The fraction of sp³-hybridized carbons (Fsp3) is 0.0909. The Morgan fingerprint density at radius 3 is 2.94 bits per heavy atom. The van der Waals surface area contributed by atoms with Crippen LogP contribution >= 0.6 is 0 Å². The molecule has 1 heterocycles. The Bertz CT molecular complexity index is 557. The molecule has 0 bridgehead atoms. The number of rotatable bonds is 3. The first kappa shape index (κ1) is 10.2. The molecule has 0 aliphatic heterocycles. The van der Waals surface area contributed by atoms with Crippen LogP contribution < -0.4 is 4.74 Å². The lowest BCUT2D eigenvalue weighted by atomic mass is 10.1. The molecule has 2 rings (SSSR count). The van der Waals surface area contributed by atoms with Crippen LogP contribution in [0.4, 0.5) is 0 Å². The van der Waals surface area contributed by atoms with Gasteiger partial charge in [0.2, 0.25) is 6.20 Å². The molecular weight excluding hydrogens is 208 g/mol. The first-order valence-electron chi connectivity index (χ1n) is 4.68. The van der Waals surface area contributed by atoms with Gasteiger partial charge in [0.25, 0.3) is 0 Å². The van der Waals surface area contributed by atoms with Gasteiger partial charge in [-0.2, -0.15) is 0 Å². The van der Waals surface area contributed by atoms with Crippen molar-refractivity contribution in [3.05, 3.63) is 46.3 Å². The SMILES string of the molecule is COc1ccc2[nH]ccc2c1/C=C/[N+](=O)[O-]. The molecule has 82 valence electrons. The number of ether oxygens (including phenoxy) is 1. The number of nitrogens with zero attached hydrogens (tertiary/aromatic N) is 1. The van der Waals surface area contributed by atoms with Crippen molar-refractivity contribution in [2.45, 2.75) is 0 Å². The molecule has 5 nitrogen and oxygen atoms in total. The van der Waals surface area contributed by atoms with Gasteiger partial charge in [-0.25, -0.2) is 0 Å². The summed E-state index contributed by atoms with van der Waals surface area (Å²) in [5.41, 5.74) is 1.63. The van der Waals surface area contributed by atoms with Gasteiger partial charge in [0, 0.05) is 28.7 Å². The molecule has 0 saturated carbocycles. The van der Waals surface area contributed by atoms with Crippen molar-refractivity contribution < 1.29 is 9.66 Å². The van der Waals surface area contributed by atoms with Crippen molar-refractivity contribution in [2.75, 3.05) is 7.11 Å². The monoisotopic (exact) mass is 218 g/mol. The van der Waals surface area contributed by atoms with Gasteiger partial charge in [-0.15, -0.1) is 0 Å². The van der Waals surface area contributed by atoms with Gasteiger partial charge in [-0.3, -0.25) is 10.1 Å². The highest BCUT2D eigenvalue weighted by Crippen LogP contribution is 2.28. The summed E-state index contributed by atoms with van der Waals surface area (Å²) in [6, 6.07) is 5.51. The van der Waals surface area contributed by atoms with Crippen molar-refractivity contribution in [3.63, 3.8) is 0 Å². The largest absolute Gasteiger partial charge is 0.496 e. The third-order valence-electron chi connectivity index (χ3n) is 2.32. The van der Waals surface area contributed by atoms with Crippen molar-refractivity contribution >= 4 is 17.0 Å². The van der Waals surface area contributed by atoms with Gasteiger partial charge >= 0.3 is 0 Å². The van der Waals surface area contributed by atoms with E-state index in [2.05, 4.69) is 4.98 Å². The smallest absolute Gasteiger partial charge is 0.235 e. The molecule has 16 heavy (non-hydrogen) atoms. The molecule has 0 amide bonds. The minimum Gasteiger partial charge on any atom is -0.496 e. The maximum atomic E-state index is 10.3. The molecule has 1 N–H and O–H groups in total. The van der Waals surface area contributed by atoms with Gasteiger partial charge in [0.15, 0.2) is 0 Å². The van der Waals surface area contributed by atoms with Crippen molar-refractivity contribution in [2.24, 2.45) is 0 Å². The van der Waals surface area contributed by atoms with Crippen LogP contribution in [0.2, 0.25) is 0 Å². The number of aromatic amines is 1. The maximum absolute atomic E-state index is 10.3. The molecule has 0 radical (unpaired) electrons. The Labute approximate surface area is 91.5 Å². The van der Waals surface area contributed by atoms with Crippen LogP contribution in [0.25, 0.3) is 17.0 Å². The summed E-state index contributed by atoms with van der Waals surface area (Å²) in [6.45, 7) is 0. The highest BCUT2D eigenvalue weighted by Gasteiger charge is 2.07. The normalized spacial score (nSPS) is 11.1. The summed E-state index contributed by atoms with van der Waals surface area (Å²) < 4.78 is 5.17. The molecule has 2 aromatic rings. The van der Waals surface area contributed by atoms with E-state index in [4.69, 9.17) is 4.74 Å². The van der Waals surface area contributed by atoms with E-state index in [0.717, 1.165) is 17.1 Å². The number of nitrogens with one attached hydrogen (secondary N) is 1. The summed E-state index contributed by atoms with van der Waals surface area (Å²) in [5.74, 6) is 0.616. The molecule has 0 fully saturated rings. The molecule has 0 atom stereocenters. The molecule has 5 heteroatoms. The van der Waals surface area contributed by atoms with Gasteiger partial charge in [-0.05, 0) is 18.2 Å².